The predicted molar refractivity (Wildman–Crippen MR) is 69.1 cm³/mol. The molecule has 0 bridgehead atoms. The van der Waals surface area contributed by atoms with E-state index < -0.39 is 5.54 Å². The Morgan fingerprint density at radius 2 is 1.84 bits per heavy atom. The van der Waals surface area contributed by atoms with Gasteiger partial charge in [-0.15, -0.1) is 0 Å². The molecule has 0 radical (unpaired) electrons. The minimum Gasteiger partial charge on any atom is -0.305 e. The summed E-state index contributed by atoms with van der Waals surface area (Å²) in [4.78, 5) is 29.9. The van der Waals surface area contributed by atoms with Crippen molar-refractivity contribution in [1.82, 2.24) is 15.2 Å². The minimum absolute atomic E-state index is 0.119. The molecule has 1 aliphatic carbocycles. The maximum atomic E-state index is 12.2. The van der Waals surface area contributed by atoms with Crippen molar-refractivity contribution in [2.75, 3.05) is 0 Å². The molecule has 2 aliphatic rings. The molecule has 1 saturated heterocycles. The molecule has 5 heteroatoms. The summed E-state index contributed by atoms with van der Waals surface area (Å²) in [5.74, 6) is -0.119. The lowest BCUT2D eigenvalue weighted by atomic mass is 9.80. The highest BCUT2D eigenvalue weighted by Crippen LogP contribution is 2.37. The number of hydrogen-bond acceptors (Lipinski definition) is 3. The van der Waals surface area contributed by atoms with Crippen LogP contribution < -0.4 is 5.32 Å². The number of pyridine rings is 1. The van der Waals surface area contributed by atoms with E-state index >= 15 is 0 Å². The highest BCUT2D eigenvalue weighted by molar-refractivity contribution is 6.07. The fourth-order valence-corrected chi connectivity index (χ4v) is 3.13. The second-order valence-corrected chi connectivity index (χ2v) is 5.29. The summed E-state index contributed by atoms with van der Waals surface area (Å²) in [6, 6.07) is 3.50. The molecule has 1 N–H and O–H groups in total. The van der Waals surface area contributed by atoms with Crippen LogP contribution in [0.1, 0.15) is 37.7 Å². The summed E-state index contributed by atoms with van der Waals surface area (Å²) in [5.41, 5.74) is 0.392. The molecular weight excluding hydrogens is 242 g/mol. The summed E-state index contributed by atoms with van der Waals surface area (Å²) in [5, 5.41) is 2.48. The van der Waals surface area contributed by atoms with Gasteiger partial charge < -0.3 is 4.90 Å². The third-order valence-corrected chi connectivity index (χ3v) is 4.18. The molecule has 0 unspecified atom stereocenters. The molecule has 100 valence electrons. The van der Waals surface area contributed by atoms with Crippen molar-refractivity contribution in [3.8, 4) is 0 Å². The Labute approximate surface area is 112 Å². The van der Waals surface area contributed by atoms with E-state index in [1.165, 1.54) is 0 Å². The van der Waals surface area contributed by atoms with Crippen LogP contribution in [0.2, 0.25) is 0 Å². The molecular formula is C14H17N3O2. The number of carbonyl (C=O) groups is 2. The monoisotopic (exact) mass is 259 g/mol. The van der Waals surface area contributed by atoms with E-state index in [1.54, 1.807) is 17.3 Å². The number of urea groups is 1. The lowest BCUT2D eigenvalue weighted by Gasteiger charge is -2.38. The lowest BCUT2D eigenvalue weighted by molar-refractivity contribution is -0.128. The number of imide groups is 1. The largest absolute Gasteiger partial charge is 0.325 e. The Morgan fingerprint density at radius 3 is 2.53 bits per heavy atom. The van der Waals surface area contributed by atoms with Crippen LogP contribution in [0.4, 0.5) is 4.79 Å². The molecule has 0 atom stereocenters. The fraction of sp³-hybridized carbons (Fsp3) is 0.500. The van der Waals surface area contributed by atoms with E-state index in [1.807, 2.05) is 12.1 Å². The SMILES string of the molecule is O=C1NC(=O)C2(CCCCC2)N1Cc1ccncc1. The Balaban J connectivity index is 1.88. The van der Waals surface area contributed by atoms with Crippen molar-refractivity contribution in [1.29, 1.82) is 0 Å². The van der Waals surface area contributed by atoms with Gasteiger partial charge >= 0.3 is 6.03 Å². The van der Waals surface area contributed by atoms with Crippen LogP contribution in [0.5, 0.6) is 0 Å². The second kappa shape index (κ2) is 4.64. The van der Waals surface area contributed by atoms with Crippen LogP contribution in [-0.2, 0) is 11.3 Å². The smallest absolute Gasteiger partial charge is 0.305 e. The Morgan fingerprint density at radius 1 is 1.16 bits per heavy atom. The Hall–Kier alpha value is -1.91. The van der Waals surface area contributed by atoms with Crippen LogP contribution in [0.25, 0.3) is 0 Å². The first-order valence-electron chi connectivity index (χ1n) is 6.74. The summed E-state index contributed by atoms with van der Waals surface area (Å²) in [6.07, 6.45) is 8.12. The standard InChI is InChI=1S/C14H17N3O2/c18-12-14(6-2-1-3-7-14)17(13(19)16-12)10-11-4-8-15-9-5-11/h4-5,8-9H,1-3,6-7,10H2,(H,16,18,19). The minimum atomic E-state index is -0.612. The highest BCUT2D eigenvalue weighted by atomic mass is 16.2. The summed E-state index contributed by atoms with van der Waals surface area (Å²) in [7, 11) is 0. The van der Waals surface area contributed by atoms with Gasteiger partial charge in [0, 0.05) is 18.9 Å². The van der Waals surface area contributed by atoms with E-state index in [4.69, 9.17) is 0 Å². The molecule has 3 amide bonds. The van der Waals surface area contributed by atoms with Gasteiger partial charge in [0.15, 0.2) is 0 Å². The summed E-state index contributed by atoms with van der Waals surface area (Å²) < 4.78 is 0. The average molecular weight is 259 g/mol. The van der Waals surface area contributed by atoms with Crippen molar-refractivity contribution in [3.05, 3.63) is 30.1 Å². The third kappa shape index (κ3) is 1.99. The fourth-order valence-electron chi connectivity index (χ4n) is 3.13. The maximum Gasteiger partial charge on any atom is 0.325 e. The molecule has 2 fully saturated rings. The van der Waals surface area contributed by atoms with Crippen molar-refractivity contribution in [3.63, 3.8) is 0 Å². The Bertz CT molecular complexity index is 495. The van der Waals surface area contributed by atoms with Gasteiger partial charge in [0.25, 0.3) is 5.91 Å². The van der Waals surface area contributed by atoms with Crippen LogP contribution in [0.3, 0.4) is 0 Å². The zero-order chi connectivity index (χ0) is 13.3. The third-order valence-electron chi connectivity index (χ3n) is 4.18. The van der Waals surface area contributed by atoms with Crippen molar-refractivity contribution in [2.45, 2.75) is 44.2 Å². The van der Waals surface area contributed by atoms with Crippen LogP contribution >= 0.6 is 0 Å². The number of aromatic nitrogens is 1. The van der Waals surface area contributed by atoms with Gasteiger partial charge in [-0.2, -0.15) is 0 Å². The number of nitrogens with zero attached hydrogens (tertiary/aromatic N) is 2. The highest BCUT2D eigenvalue weighted by Gasteiger charge is 2.52. The van der Waals surface area contributed by atoms with E-state index in [0.717, 1.165) is 37.7 Å². The van der Waals surface area contributed by atoms with Crippen LogP contribution in [0.15, 0.2) is 24.5 Å². The van der Waals surface area contributed by atoms with Crippen molar-refractivity contribution < 1.29 is 9.59 Å². The topological polar surface area (TPSA) is 62.3 Å². The molecule has 3 rings (SSSR count). The Kier molecular flexibility index (Phi) is 2.97. The van der Waals surface area contributed by atoms with Gasteiger partial charge in [-0.1, -0.05) is 19.3 Å². The van der Waals surface area contributed by atoms with Crippen molar-refractivity contribution in [2.24, 2.45) is 0 Å². The summed E-state index contributed by atoms with van der Waals surface area (Å²) >= 11 is 0. The second-order valence-electron chi connectivity index (χ2n) is 5.29. The van der Waals surface area contributed by atoms with Crippen LogP contribution in [0, 0.1) is 0 Å². The number of amides is 3. The van der Waals surface area contributed by atoms with E-state index in [-0.39, 0.29) is 11.9 Å². The van der Waals surface area contributed by atoms with E-state index in [2.05, 4.69) is 10.3 Å². The number of carbonyl (C=O) groups excluding carboxylic acids is 2. The molecule has 1 spiro atoms. The first kappa shape index (κ1) is 12.1. The zero-order valence-corrected chi connectivity index (χ0v) is 10.8. The molecule has 2 heterocycles. The molecule has 0 aromatic carbocycles. The van der Waals surface area contributed by atoms with Gasteiger partial charge in [0.2, 0.25) is 0 Å². The van der Waals surface area contributed by atoms with Gasteiger partial charge in [-0.05, 0) is 30.5 Å². The van der Waals surface area contributed by atoms with Crippen molar-refractivity contribution >= 4 is 11.9 Å². The normalized spacial score (nSPS) is 21.8. The molecule has 1 aliphatic heterocycles. The van der Waals surface area contributed by atoms with E-state index in [9.17, 15) is 9.59 Å². The number of rotatable bonds is 2. The van der Waals surface area contributed by atoms with E-state index in [0.29, 0.717) is 6.54 Å². The lowest BCUT2D eigenvalue weighted by Crippen LogP contribution is -2.50. The number of hydrogen-bond donors (Lipinski definition) is 1. The first-order valence-corrected chi connectivity index (χ1v) is 6.74. The molecule has 5 nitrogen and oxygen atoms in total. The molecule has 19 heavy (non-hydrogen) atoms. The molecule has 1 aromatic rings. The quantitative estimate of drug-likeness (QED) is 0.824. The molecule has 1 aromatic heterocycles. The zero-order valence-electron chi connectivity index (χ0n) is 10.8. The van der Waals surface area contributed by atoms with Gasteiger partial charge in [-0.25, -0.2) is 4.79 Å². The predicted octanol–water partition coefficient (Wildman–Crippen LogP) is 1.84. The molecule has 1 saturated carbocycles. The first-order chi connectivity index (χ1) is 9.22. The van der Waals surface area contributed by atoms with Crippen LogP contribution in [-0.4, -0.2) is 27.4 Å². The maximum absolute atomic E-state index is 12.2. The van der Waals surface area contributed by atoms with Gasteiger partial charge in [0.1, 0.15) is 5.54 Å². The summed E-state index contributed by atoms with van der Waals surface area (Å²) in [6.45, 7) is 0.472. The average Bonchev–Trinajstić information content (AvgIpc) is 2.66. The number of nitrogens with one attached hydrogen (secondary N) is 1. The van der Waals surface area contributed by atoms with Gasteiger partial charge in [-0.3, -0.25) is 15.1 Å². The van der Waals surface area contributed by atoms with Gasteiger partial charge in [0.05, 0.1) is 0 Å².